The molecule has 6 nitrogen and oxygen atoms in total. The van der Waals surface area contributed by atoms with Crippen LogP contribution in [-0.2, 0) is 20.9 Å². The van der Waals surface area contributed by atoms with Crippen molar-refractivity contribution < 1.29 is 32.5 Å². The van der Waals surface area contributed by atoms with Crippen molar-refractivity contribution in [2.45, 2.75) is 38.1 Å². The third-order valence-corrected chi connectivity index (χ3v) is 5.04. The summed E-state index contributed by atoms with van der Waals surface area (Å²) in [7, 11) is 0. The first-order valence-corrected chi connectivity index (χ1v) is 8.74. The molecule has 1 unspecified atom stereocenters. The molecule has 2 aliphatic heterocycles. The molecule has 3 heterocycles. The number of rotatable bonds is 5. The molecule has 1 spiro atoms. The molecule has 2 fully saturated rings. The third-order valence-electron chi connectivity index (χ3n) is 4.22. The molecule has 0 radical (unpaired) electrons. The molecule has 0 aromatic carbocycles. The van der Waals surface area contributed by atoms with Crippen LogP contribution in [0.25, 0.3) is 0 Å². The van der Waals surface area contributed by atoms with Gasteiger partial charge in [-0.25, -0.2) is 9.78 Å². The van der Waals surface area contributed by atoms with E-state index in [4.69, 9.17) is 19.4 Å². The molecule has 2 saturated heterocycles. The second-order valence-corrected chi connectivity index (χ2v) is 7.07. The van der Waals surface area contributed by atoms with E-state index >= 15 is 0 Å². The lowest BCUT2D eigenvalue weighted by molar-refractivity contribution is -0.192. The van der Waals surface area contributed by atoms with E-state index in [0.29, 0.717) is 12.5 Å². The number of aliphatic carboxylic acids is 1. The van der Waals surface area contributed by atoms with E-state index in [0.717, 1.165) is 43.4 Å². The summed E-state index contributed by atoms with van der Waals surface area (Å²) in [4.78, 5) is 13.3. The molecule has 1 aromatic rings. The van der Waals surface area contributed by atoms with Crippen LogP contribution < -0.4 is 5.32 Å². The smallest absolute Gasteiger partial charge is 0.475 e. The van der Waals surface area contributed by atoms with Crippen LogP contribution >= 0.6 is 11.3 Å². The maximum atomic E-state index is 10.6. The molecule has 10 heteroatoms. The van der Waals surface area contributed by atoms with Gasteiger partial charge < -0.3 is 19.9 Å². The summed E-state index contributed by atoms with van der Waals surface area (Å²) in [5.74, 6) is -2.09. The number of alkyl halides is 3. The van der Waals surface area contributed by atoms with Crippen LogP contribution in [0.5, 0.6) is 0 Å². The highest BCUT2D eigenvalue weighted by molar-refractivity contribution is 7.09. The van der Waals surface area contributed by atoms with Crippen molar-refractivity contribution in [3.05, 3.63) is 16.1 Å². The number of nitrogens with one attached hydrogen (secondary N) is 1. The number of carboxylic acid groups (broad SMARTS) is 1. The zero-order valence-corrected chi connectivity index (χ0v) is 14.6. The molecule has 0 amide bonds. The summed E-state index contributed by atoms with van der Waals surface area (Å²) in [6.45, 7) is 6.43. The highest BCUT2D eigenvalue weighted by atomic mass is 32.1. The van der Waals surface area contributed by atoms with Crippen molar-refractivity contribution in [2.24, 2.45) is 5.92 Å². The van der Waals surface area contributed by atoms with Crippen LogP contribution in [-0.4, -0.2) is 54.1 Å². The first-order valence-electron chi connectivity index (χ1n) is 7.86. The number of hydrogen-bond donors (Lipinski definition) is 2. The summed E-state index contributed by atoms with van der Waals surface area (Å²) in [5.41, 5.74) is 1.20. The fourth-order valence-corrected chi connectivity index (χ4v) is 3.43. The Morgan fingerprint density at radius 2 is 2.24 bits per heavy atom. The van der Waals surface area contributed by atoms with Gasteiger partial charge in [-0.3, -0.25) is 0 Å². The molecular weight excluding hydrogens is 361 g/mol. The molecule has 0 saturated carbocycles. The molecule has 25 heavy (non-hydrogen) atoms. The lowest BCUT2D eigenvalue weighted by atomic mass is 9.81. The minimum absolute atomic E-state index is 0.139. The van der Waals surface area contributed by atoms with Crippen LogP contribution in [0.1, 0.15) is 23.5 Å². The van der Waals surface area contributed by atoms with Crippen molar-refractivity contribution in [1.29, 1.82) is 0 Å². The van der Waals surface area contributed by atoms with Crippen molar-refractivity contribution in [2.75, 3.05) is 26.3 Å². The lowest BCUT2D eigenvalue weighted by Crippen LogP contribution is -2.62. The van der Waals surface area contributed by atoms with E-state index in [-0.39, 0.29) is 5.60 Å². The van der Waals surface area contributed by atoms with E-state index < -0.39 is 12.1 Å². The topological polar surface area (TPSA) is 80.7 Å². The summed E-state index contributed by atoms with van der Waals surface area (Å²) < 4.78 is 43.3. The zero-order valence-electron chi connectivity index (χ0n) is 13.8. The Morgan fingerprint density at radius 1 is 1.56 bits per heavy atom. The van der Waals surface area contributed by atoms with Crippen LogP contribution in [0, 0.1) is 12.8 Å². The van der Waals surface area contributed by atoms with E-state index in [9.17, 15) is 13.2 Å². The highest BCUT2D eigenvalue weighted by Gasteiger charge is 2.48. The second-order valence-electron chi connectivity index (χ2n) is 6.00. The van der Waals surface area contributed by atoms with Gasteiger partial charge >= 0.3 is 12.1 Å². The number of ether oxygens (including phenoxy) is 2. The molecule has 2 N–H and O–H groups in total. The summed E-state index contributed by atoms with van der Waals surface area (Å²) >= 11 is 1.68. The molecule has 1 aromatic heterocycles. The Kier molecular flexibility index (Phi) is 6.78. The molecule has 142 valence electrons. The van der Waals surface area contributed by atoms with Gasteiger partial charge in [0, 0.05) is 31.7 Å². The van der Waals surface area contributed by atoms with Gasteiger partial charge in [0.1, 0.15) is 0 Å². The monoisotopic (exact) mass is 382 g/mol. The molecule has 1 atom stereocenters. The minimum Gasteiger partial charge on any atom is -0.475 e. The van der Waals surface area contributed by atoms with E-state index in [1.165, 1.54) is 6.42 Å². The van der Waals surface area contributed by atoms with Gasteiger partial charge in [-0.05, 0) is 25.7 Å². The molecule has 3 rings (SSSR count). The number of hydrogen-bond acceptors (Lipinski definition) is 6. The Bertz CT molecular complexity index is 575. The first-order chi connectivity index (χ1) is 11.7. The largest absolute Gasteiger partial charge is 0.490 e. The maximum absolute atomic E-state index is 10.6. The van der Waals surface area contributed by atoms with Crippen LogP contribution in [0.3, 0.4) is 0 Å². The standard InChI is InChI=1S/C13H20N2O2S.C2HF3O2/c1-10-15-12(7-18-10)6-16-4-2-11-3-5-17-13(11)8-14-9-13;3-2(4,5)1(6)7/h7,11,14H,2-6,8-9H2,1H3;(H,6,7). The summed E-state index contributed by atoms with van der Waals surface area (Å²) in [6, 6.07) is 0. The molecule has 2 aliphatic rings. The Morgan fingerprint density at radius 3 is 2.72 bits per heavy atom. The SMILES string of the molecule is Cc1nc(COCCC2CCOC23CNC3)cs1.O=C(O)C(F)(F)F. The van der Waals surface area contributed by atoms with E-state index in [2.05, 4.69) is 15.7 Å². The van der Waals surface area contributed by atoms with Crippen molar-refractivity contribution in [3.8, 4) is 0 Å². The minimum atomic E-state index is -5.08. The van der Waals surface area contributed by atoms with Crippen LogP contribution in [0.2, 0.25) is 0 Å². The Hall–Kier alpha value is -1.23. The van der Waals surface area contributed by atoms with Crippen LogP contribution in [0.4, 0.5) is 13.2 Å². The van der Waals surface area contributed by atoms with Crippen molar-refractivity contribution >= 4 is 17.3 Å². The summed E-state index contributed by atoms with van der Waals surface area (Å²) in [5, 5.41) is 13.6. The predicted molar refractivity (Wildman–Crippen MR) is 84.5 cm³/mol. The fraction of sp³-hybridized carbons (Fsp3) is 0.733. The molecule has 0 bridgehead atoms. The third kappa shape index (κ3) is 5.63. The van der Waals surface area contributed by atoms with Gasteiger partial charge in [0.2, 0.25) is 0 Å². The number of halogens is 3. The quantitative estimate of drug-likeness (QED) is 0.761. The molecular formula is C15H21F3N2O4S. The first kappa shape index (κ1) is 20.1. The number of carbonyl (C=O) groups is 1. The number of thiazole rings is 1. The number of carboxylic acids is 1. The zero-order chi connectivity index (χ0) is 18.5. The fourth-order valence-electron chi connectivity index (χ4n) is 2.83. The highest BCUT2D eigenvalue weighted by Crippen LogP contribution is 2.37. The van der Waals surface area contributed by atoms with Gasteiger partial charge in [0.25, 0.3) is 0 Å². The average Bonchev–Trinajstić information content (AvgIpc) is 3.09. The number of aromatic nitrogens is 1. The van der Waals surface area contributed by atoms with Gasteiger partial charge in [-0.15, -0.1) is 11.3 Å². The maximum Gasteiger partial charge on any atom is 0.490 e. The normalized spacial score (nSPS) is 21.5. The van der Waals surface area contributed by atoms with Gasteiger partial charge in [-0.1, -0.05) is 0 Å². The van der Waals surface area contributed by atoms with Gasteiger partial charge in [0.15, 0.2) is 0 Å². The average molecular weight is 382 g/mol. The summed E-state index contributed by atoms with van der Waals surface area (Å²) in [6.07, 6.45) is -2.80. The second kappa shape index (κ2) is 8.43. The number of aryl methyl sites for hydroxylation is 1. The molecule has 0 aliphatic carbocycles. The van der Waals surface area contributed by atoms with Gasteiger partial charge in [-0.2, -0.15) is 13.2 Å². The van der Waals surface area contributed by atoms with E-state index in [1.54, 1.807) is 11.3 Å². The van der Waals surface area contributed by atoms with Crippen LogP contribution in [0.15, 0.2) is 5.38 Å². The lowest BCUT2D eigenvalue weighted by Gasteiger charge is -2.43. The van der Waals surface area contributed by atoms with E-state index in [1.807, 2.05) is 6.92 Å². The van der Waals surface area contributed by atoms with Crippen molar-refractivity contribution in [1.82, 2.24) is 10.3 Å². The van der Waals surface area contributed by atoms with Gasteiger partial charge in [0.05, 0.1) is 22.9 Å². The van der Waals surface area contributed by atoms with Crippen molar-refractivity contribution in [3.63, 3.8) is 0 Å². The predicted octanol–water partition coefficient (Wildman–Crippen LogP) is 2.37. The Labute approximate surface area is 147 Å². The Balaban J connectivity index is 0.000000277. The number of nitrogens with zero attached hydrogens (tertiary/aromatic N) is 1.